The highest BCUT2D eigenvalue weighted by Crippen LogP contribution is 2.37. The second-order valence-corrected chi connectivity index (χ2v) is 7.89. The molecule has 0 aliphatic heterocycles. The lowest BCUT2D eigenvalue weighted by Gasteiger charge is -2.43. The summed E-state index contributed by atoms with van der Waals surface area (Å²) in [5.74, 6) is -0.317. The predicted octanol–water partition coefficient (Wildman–Crippen LogP) is 5.26. The van der Waals surface area contributed by atoms with Gasteiger partial charge in [-0.05, 0) is 62.4 Å². The number of benzene rings is 3. The molecular weight excluding hydrogens is 388 g/mol. The monoisotopic (exact) mass is 416 g/mol. The number of esters is 1. The van der Waals surface area contributed by atoms with Crippen LogP contribution < -0.4 is 10.2 Å². The molecule has 31 heavy (non-hydrogen) atoms. The number of anilines is 2. The Morgan fingerprint density at radius 1 is 0.968 bits per heavy atom. The third kappa shape index (κ3) is 4.41. The lowest BCUT2D eigenvalue weighted by Crippen LogP contribution is -2.48. The highest BCUT2D eigenvalue weighted by molar-refractivity contribution is 5.96. The molecule has 1 fully saturated rings. The number of carbonyl (C=O) groups excluding carboxylic acids is 2. The van der Waals surface area contributed by atoms with E-state index in [0.29, 0.717) is 23.9 Å². The number of hydrogen-bond acceptors (Lipinski definition) is 4. The van der Waals surface area contributed by atoms with Gasteiger partial charge in [-0.25, -0.2) is 4.79 Å². The van der Waals surface area contributed by atoms with E-state index in [1.165, 1.54) is 16.5 Å². The molecule has 1 aliphatic rings. The largest absolute Gasteiger partial charge is 0.462 e. The van der Waals surface area contributed by atoms with Crippen molar-refractivity contribution in [1.29, 1.82) is 0 Å². The van der Waals surface area contributed by atoms with Gasteiger partial charge in [0.05, 0.1) is 12.2 Å². The number of amides is 1. The van der Waals surface area contributed by atoms with Crippen molar-refractivity contribution in [3.63, 3.8) is 0 Å². The van der Waals surface area contributed by atoms with Crippen molar-refractivity contribution in [1.82, 2.24) is 0 Å². The van der Waals surface area contributed by atoms with Crippen LogP contribution >= 0.6 is 0 Å². The van der Waals surface area contributed by atoms with Gasteiger partial charge in [0.1, 0.15) is 0 Å². The normalized spacial score (nSPS) is 17.6. The molecule has 0 spiro atoms. The van der Waals surface area contributed by atoms with Crippen molar-refractivity contribution < 1.29 is 14.3 Å². The summed E-state index contributed by atoms with van der Waals surface area (Å²) in [7, 11) is 0. The first-order valence-electron chi connectivity index (χ1n) is 10.9. The Bertz CT molecular complexity index is 1070. The molecule has 5 heteroatoms. The molecule has 1 amide bonds. The Morgan fingerprint density at radius 3 is 2.39 bits per heavy atom. The van der Waals surface area contributed by atoms with E-state index < -0.39 is 0 Å². The van der Waals surface area contributed by atoms with Gasteiger partial charge >= 0.3 is 5.97 Å². The van der Waals surface area contributed by atoms with Gasteiger partial charge in [0.2, 0.25) is 5.91 Å². The molecule has 5 nitrogen and oxygen atoms in total. The molecule has 0 heterocycles. The Hall–Kier alpha value is -3.34. The first kappa shape index (κ1) is 20.9. The summed E-state index contributed by atoms with van der Waals surface area (Å²) >= 11 is 0. The number of carbonyl (C=O) groups is 2. The summed E-state index contributed by atoms with van der Waals surface area (Å²) in [5, 5.41) is 5.47. The molecule has 4 rings (SSSR count). The topological polar surface area (TPSA) is 58.6 Å². The van der Waals surface area contributed by atoms with Crippen LogP contribution in [0, 0.1) is 5.92 Å². The Morgan fingerprint density at radius 2 is 1.68 bits per heavy atom. The van der Waals surface area contributed by atoms with E-state index in [-0.39, 0.29) is 17.8 Å². The van der Waals surface area contributed by atoms with Crippen molar-refractivity contribution in [2.24, 2.45) is 5.92 Å². The second kappa shape index (κ2) is 9.21. The number of rotatable bonds is 7. The number of nitrogens with one attached hydrogen (secondary N) is 1. The van der Waals surface area contributed by atoms with Gasteiger partial charge in [-0.1, -0.05) is 36.4 Å². The lowest BCUT2D eigenvalue weighted by molar-refractivity contribution is -0.122. The summed E-state index contributed by atoms with van der Waals surface area (Å²) in [6.45, 7) is 5.19. The minimum atomic E-state index is -0.352. The zero-order valence-corrected chi connectivity index (χ0v) is 18.0. The van der Waals surface area contributed by atoms with E-state index in [1.54, 1.807) is 31.2 Å². The van der Waals surface area contributed by atoms with Crippen molar-refractivity contribution in [2.45, 2.75) is 32.7 Å². The van der Waals surface area contributed by atoms with Gasteiger partial charge in [-0.3, -0.25) is 4.79 Å². The average molecular weight is 417 g/mol. The van der Waals surface area contributed by atoms with Crippen LogP contribution in [0.5, 0.6) is 0 Å². The highest BCUT2D eigenvalue weighted by Gasteiger charge is 2.38. The fourth-order valence-corrected chi connectivity index (χ4v) is 4.29. The van der Waals surface area contributed by atoms with Crippen molar-refractivity contribution in [2.75, 3.05) is 23.4 Å². The molecule has 0 aromatic heterocycles. The fraction of sp³-hybridized carbons (Fsp3) is 0.308. The molecule has 1 N–H and O–H groups in total. The molecule has 0 saturated heterocycles. The number of ether oxygens (including phenoxy) is 1. The van der Waals surface area contributed by atoms with Gasteiger partial charge in [0.15, 0.2) is 0 Å². The van der Waals surface area contributed by atoms with Crippen LogP contribution in [0.15, 0.2) is 66.7 Å². The number of hydrogen-bond donors (Lipinski definition) is 1. The van der Waals surface area contributed by atoms with Crippen LogP contribution in [0.3, 0.4) is 0 Å². The minimum Gasteiger partial charge on any atom is -0.462 e. The first-order chi connectivity index (χ1) is 15.1. The van der Waals surface area contributed by atoms with Crippen LogP contribution in [0.4, 0.5) is 11.4 Å². The SMILES string of the molecule is CCOC(=O)c1ccc(NC(=O)C2CC(N(CC)c3cccc4ccccc34)C2)cc1. The maximum Gasteiger partial charge on any atom is 0.338 e. The molecule has 1 saturated carbocycles. The molecule has 1 aliphatic carbocycles. The zero-order chi connectivity index (χ0) is 21.8. The summed E-state index contributed by atoms with van der Waals surface area (Å²) in [6, 6.07) is 22.0. The minimum absolute atomic E-state index is 0.00115. The van der Waals surface area contributed by atoms with Gasteiger partial charge in [0, 0.05) is 35.3 Å². The lowest BCUT2D eigenvalue weighted by atomic mass is 9.78. The van der Waals surface area contributed by atoms with E-state index >= 15 is 0 Å². The molecular formula is C26H28N2O3. The molecule has 0 bridgehead atoms. The average Bonchev–Trinajstić information content (AvgIpc) is 2.76. The quantitative estimate of drug-likeness (QED) is 0.534. The zero-order valence-electron chi connectivity index (χ0n) is 18.0. The van der Waals surface area contributed by atoms with Crippen LogP contribution in [-0.4, -0.2) is 31.1 Å². The third-order valence-corrected chi connectivity index (χ3v) is 6.01. The molecule has 160 valence electrons. The van der Waals surface area contributed by atoms with Crippen LogP contribution in [-0.2, 0) is 9.53 Å². The standard InChI is InChI=1S/C26H28N2O3/c1-3-28(24-11-7-9-18-8-5-6-10-23(18)24)22-16-20(17-22)25(29)27-21-14-12-19(13-15-21)26(30)31-4-2/h5-15,20,22H,3-4,16-17H2,1-2H3,(H,27,29). The maximum atomic E-state index is 12.7. The van der Waals surface area contributed by atoms with Gasteiger partial charge in [-0.15, -0.1) is 0 Å². The van der Waals surface area contributed by atoms with E-state index in [9.17, 15) is 9.59 Å². The third-order valence-electron chi connectivity index (χ3n) is 6.01. The predicted molar refractivity (Wildman–Crippen MR) is 125 cm³/mol. The van der Waals surface area contributed by atoms with Crippen molar-refractivity contribution >= 4 is 34.0 Å². The van der Waals surface area contributed by atoms with Crippen LogP contribution in [0.1, 0.15) is 37.0 Å². The summed E-state index contributed by atoms with van der Waals surface area (Å²) < 4.78 is 4.99. The van der Waals surface area contributed by atoms with Crippen LogP contribution in [0.25, 0.3) is 10.8 Å². The smallest absolute Gasteiger partial charge is 0.338 e. The summed E-state index contributed by atoms with van der Waals surface area (Å²) in [6.07, 6.45) is 1.67. The molecule has 0 radical (unpaired) electrons. The Balaban J connectivity index is 1.37. The van der Waals surface area contributed by atoms with Crippen LogP contribution in [0.2, 0.25) is 0 Å². The number of nitrogens with zero attached hydrogens (tertiary/aromatic N) is 1. The molecule has 3 aromatic rings. The van der Waals surface area contributed by atoms with E-state index in [0.717, 1.165) is 19.4 Å². The molecule has 0 unspecified atom stereocenters. The van der Waals surface area contributed by atoms with E-state index in [2.05, 4.69) is 59.6 Å². The van der Waals surface area contributed by atoms with Crippen molar-refractivity contribution in [3.05, 3.63) is 72.3 Å². The fourth-order valence-electron chi connectivity index (χ4n) is 4.29. The Labute approximate surface area is 183 Å². The molecule has 3 aromatic carbocycles. The van der Waals surface area contributed by atoms with E-state index in [1.807, 2.05) is 0 Å². The van der Waals surface area contributed by atoms with Gasteiger partial charge in [-0.2, -0.15) is 0 Å². The maximum absolute atomic E-state index is 12.7. The van der Waals surface area contributed by atoms with E-state index in [4.69, 9.17) is 4.74 Å². The molecule has 0 atom stereocenters. The van der Waals surface area contributed by atoms with Gasteiger partial charge < -0.3 is 15.0 Å². The highest BCUT2D eigenvalue weighted by atomic mass is 16.5. The first-order valence-corrected chi connectivity index (χ1v) is 10.9. The van der Waals surface area contributed by atoms with Gasteiger partial charge in [0.25, 0.3) is 0 Å². The van der Waals surface area contributed by atoms with Crippen molar-refractivity contribution in [3.8, 4) is 0 Å². The second-order valence-electron chi connectivity index (χ2n) is 7.89. The Kier molecular flexibility index (Phi) is 6.21. The summed E-state index contributed by atoms with van der Waals surface area (Å²) in [4.78, 5) is 26.9. The number of fused-ring (bicyclic) bond motifs is 1. The summed E-state index contributed by atoms with van der Waals surface area (Å²) in [5.41, 5.74) is 2.42.